The number of ether oxygens (including phenoxy) is 1. The predicted molar refractivity (Wildman–Crippen MR) is 90.5 cm³/mol. The molecule has 2 aromatic rings. The molecule has 126 valence electrons. The molecule has 0 atom stereocenters. The Hall–Kier alpha value is -2.68. The highest BCUT2D eigenvalue weighted by molar-refractivity contribution is 7.99. The van der Waals surface area contributed by atoms with E-state index in [2.05, 4.69) is 15.3 Å². The fourth-order valence-corrected chi connectivity index (χ4v) is 2.72. The maximum Gasteiger partial charge on any atom is 0.273 e. The Morgan fingerprint density at radius 2 is 1.96 bits per heavy atom. The smallest absolute Gasteiger partial charge is 0.273 e. The highest BCUT2D eigenvalue weighted by atomic mass is 32.2. The summed E-state index contributed by atoms with van der Waals surface area (Å²) >= 11 is 1.21. The number of anilines is 1. The van der Waals surface area contributed by atoms with E-state index in [1.165, 1.54) is 37.1 Å². The number of amides is 1. The number of thioether (sulfide) groups is 1. The second kappa shape index (κ2) is 7.73. The van der Waals surface area contributed by atoms with Crippen LogP contribution >= 0.6 is 11.8 Å². The number of non-ortho nitro benzene ring substituents is 1. The SMILES string of the molecule is COc1cc([N+](=O)[O-])ccc1NC(=O)CSc1nc(C)cc(C)n1. The van der Waals surface area contributed by atoms with Gasteiger partial charge in [0.1, 0.15) is 5.75 Å². The van der Waals surface area contributed by atoms with Gasteiger partial charge in [-0.05, 0) is 26.0 Å². The van der Waals surface area contributed by atoms with E-state index in [1.54, 1.807) is 0 Å². The molecule has 0 aliphatic heterocycles. The number of nitrogens with zero attached hydrogens (tertiary/aromatic N) is 3. The van der Waals surface area contributed by atoms with E-state index in [0.717, 1.165) is 11.4 Å². The molecule has 9 heteroatoms. The van der Waals surface area contributed by atoms with Gasteiger partial charge < -0.3 is 10.1 Å². The van der Waals surface area contributed by atoms with E-state index < -0.39 is 4.92 Å². The number of aryl methyl sites for hydroxylation is 2. The first-order chi connectivity index (χ1) is 11.4. The number of aromatic nitrogens is 2. The third kappa shape index (κ3) is 4.66. The Bertz CT molecular complexity index is 762. The van der Waals surface area contributed by atoms with Crippen molar-refractivity contribution in [1.29, 1.82) is 0 Å². The predicted octanol–water partition coefficient (Wildman–Crippen LogP) is 2.74. The summed E-state index contributed by atoms with van der Waals surface area (Å²) in [5, 5.41) is 14.0. The molecule has 8 nitrogen and oxygen atoms in total. The number of rotatable bonds is 6. The Balaban J connectivity index is 2.03. The van der Waals surface area contributed by atoms with Crippen LogP contribution in [0.15, 0.2) is 29.4 Å². The number of nitrogens with one attached hydrogen (secondary N) is 1. The zero-order valence-corrected chi connectivity index (χ0v) is 14.2. The normalized spacial score (nSPS) is 10.3. The van der Waals surface area contributed by atoms with Crippen LogP contribution in [0.3, 0.4) is 0 Å². The van der Waals surface area contributed by atoms with E-state index in [4.69, 9.17) is 4.74 Å². The van der Waals surface area contributed by atoms with Gasteiger partial charge in [0.2, 0.25) is 5.91 Å². The molecule has 1 heterocycles. The molecule has 1 N–H and O–H groups in total. The maximum absolute atomic E-state index is 12.1. The van der Waals surface area contributed by atoms with Crippen LogP contribution in [-0.4, -0.2) is 33.7 Å². The average molecular weight is 348 g/mol. The van der Waals surface area contributed by atoms with Crippen LogP contribution in [0, 0.1) is 24.0 Å². The maximum atomic E-state index is 12.1. The van der Waals surface area contributed by atoms with Crippen LogP contribution in [-0.2, 0) is 4.79 Å². The number of hydrogen-bond acceptors (Lipinski definition) is 7. The van der Waals surface area contributed by atoms with Crippen molar-refractivity contribution in [2.24, 2.45) is 0 Å². The number of carbonyl (C=O) groups is 1. The molecule has 0 bridgehead atoms. The van der Waals surface area contributed by atoms with Crippen LogP contribution in [0.4, 0.5) is 11.4 Å². The minimum absolute atomic E-state index is 0.108. The van der Waals surface area contributed by atoms with Gasteiger partial charge in [0.15, 0.2) is 5.16 Å². The highest BCUT2D eigenvalue weighted by Crippen LogP contribution is 2.29. The quantitative estimate of drug-likeness (QED) is 0.370. The fraction of sp³-hybridized carbons (Fsp3) is 0.267. The Kier molecular flexibility index (Phi) is 5.69. The summed E-state index contributed by atoms with van der Waals surface area (Å²) in [6, 6.07) is 5.85. The van der Waals surface area contributed by atoms with Crippen LogP contribution in [0.1, 0.15) is 11.4 Å². The summed E-state index contributed by atoms with van der Waals surface area (Å²) in [7, 11) is 1.38. The van der Waals surface area contributed by atoms with Gasteiger partial charge in [0.25, 0.3) is 5.69 Å². The van der Waals surface area contributed by atoms with Crippen molar-refractivity contribution in [3.63, 3.8) is 0 Å². The standard InChI is InChI=1S/C15H16N4O4S/c1-9-6-10(2)17-15(16-9)24-8-14(20)18-12-5-4-11(19(21)22)7-13(12)23-3/h4-7H,8H2,1-3H3,(H,18,20). The van der Waals surface area contributed by atoms with Crippen molar-refractivity contribution in [3.05, 3.63) is 45.8 Å². The molecule has 1 aromatic heterocycles. The number of methoxy groups -OCH3 is 1. The summed E-state index contributed by atoms with van der Waals surface area (Å²) in [4.78, 5) is 30.8. The number of hydrogen-bond donors (Lipinski definition) is 1. The zero-order chi connectivity index (χ0) is 17.7. The van der Waals surface area contributed by atoms with Gasteiger partial charge in [-0.25, -0.2) is 9.97 Å². The second-order valence-electron chi connectivity index (χ2n) is 4.91. The van der Waals surface area contributed by atoms with Crippen molar-refractivity contribution in [2.45, 2.75) is 19.0 Å². The molecular formula is C15H16N4O4S. The van der Waals surface area contributed by atoms with E-state index >= 15 is 0 Å². The highest BCUT2D eigenvalue weighted by Gasteiger charge is 2.14. The number of benzene rings is 1. The lowest BCUT2D eigenvalue weighted by Gasteiger charge is -2.09. The zero-order valence-electron chi connectivity index (χ0n) is 13.4. The molecule has 0 radical (unpaired) electrons. The fourth-order valence-electron chi connectivity index (χ4n) is 1.97. The lowest BCUT2D eigenvalue weighted by atomic mass is 10.2. The van der Waals surface area contributed by atoms with Crippen LogP contribution < -0.4 is 10.1 Å². The van der Waals surface area contributed by atoms with Gasteiger partial charge in [-0.1, -0.05) is 11.8 Å². The number of nitro groups is 1. The van der Waals surface area contributed by atoms with Crippen LogP contribution in [0.25, 0.3) is 0 Å². The van der Waals surface area contributed by atoms with Gasteiger partial charge in [-0.15, -0.1) is 0 Å². The first kappa shape index (κ1) is 17.7. The Morgan fingerprint density at radius 1 is 1.29 bits per heavy atom. The molecule has 0 spiro atoms. The summed E-state index contributed by atoms with van der Waals surface area (Å²) in [6.45, 7) is 3.72. The van der Waals surface area contributed by atoms with Crippen molar-refractivity contribution in [2.75, 3.05) is 18.2 Å². The summed E-state index contributed by atoms with van der Waals surface area (Å²) in [5.74, 6) is 0.0587. The van der Waals surface area contributed by atoms with E-state index in [-0.39, 0.29) is 23.1 Å². The van der Waals surface area contributed by atoms with Crippen molar-refractivity contribution < 1.29 is 14.5 Å². The van der Waals surface area contributed by atoms with Gasteiger partial charge in [-0.3, -0.25) is 14.9 Å². The monoisotopic (exact) mass is 348 g/mol. The molecule has 0 unspecified atom stereocenters. The van der Waals surface area contributed by atoms with E-state index in [9.17, 15) is 14.9 Å². The lowest BCUT2D eigenvalue weighted by Crippen LogP contribution is -2.15. The number of nitro benzene ring substituents is 1. The summed E-state index contributed by atoms with van der Waals surface area (Å²) < 4.78 is 5.08. The summed E-state index contributed by atoms with van der Waals surface area (Å²) in [5.41, 5.74) is 1.93. The molecule has 0 saturated heterocycles. The third-order valence-corrected chi connectivity index (χ3v) is 3.81. The molecule has 24 heavy (non-hydrogen) atoms. The average Bonchev–Trinajstić information content (AvgIpc) is 2.52. The molecule has 1 aromatic carbocycles. The Labute approximate surface area is 142 Å². The van der Waals surface area contributed by atoms with Crippen LogP contribution in [0.2, 0.25) is 0 Å². The van der Waals surface area contributed by atoms with Crippen molar-refractivity contribution in [1.82, 2.24) is 9.97 Å². The molecule has 2 rings (SSSR count). The minimum atomic E-state index is -0.526. The van der Waals surface area contributed by atoms with E-state index in [1.807, 2.05) is 19.9 Å². The lowest BCUT2D eigenvalue weighted by molar-refractivity contribution is -0.384. The summed E-state index contributed by atoms with van der Waals surface area (Å²) in [6.07, 6.45) is 0. The minimum Gasteiger partial charge on any atom is -0.494 e. The van der Waals surface area contributed by atoms with Crippen LogP contribution in [0.5, 0.6) is 5.75 Å². The largest absolute Gasteiger partial charge is 0.494 e. The molecule has 0 aliphatic rings. The first-order valence-electron chi connectivity index (χ1n) is 6.96. The molecular weight excluding hydrogens is 332 g/mol. The van der Waals surface area contributed by atoms with Gasteiger partial charge in [0.05, 0.1) is 29.5 Å². The van der Waals surface area contributed by atoms with Crippen molar-refractivity contribution in [3.8, 4) is 5.75 Å². The second-order valence-corrected chi connectivity index (χ2v) is 5.85. The number of carbonyl (C=O) groups excluding carboxylic acids is 1. The van der Waals surface area contributed by atoms with Gasteiger partial charge in [-0.2, -0.15) is 0 Å². The van der Waals surface area contributed by atoms with E-state index in [0.29, 0.717) is 10.8 Å². The van der Waals surface area contributed by atoms with Crippen molar-refractivity contribution >= 4 is 29.0 Å². The molecule has 0 fully saturated rings. The molecule has 0 saturated carbocycles. The third-order valence-electron chi connectivity index (χ3n) is 2.96. The topological polar surface area (TPSA) is 107 Å². The molecule has 0 aliphatic carbocycles. The Morgan fingerprint density at radius 3 is 2.54 bits per heavy atom. The molecule has 1 amide bonds. The van der Waals surface area contributed by atoms with Gasteiger partial charge in [0, 0.05) is 17.5 Å². The van der Waals surface area contributed by atoms with Gasteiger partial charge >= 0.3 is 0 Å². The first-order valence-corrected chi connectivity index (χ1v) is 7.95.